The maximum Gasteiger partial charge on any atom is 0.226 e. The van der Waals surface area contributed by atoms with Crippen LogP contribution in [0.3, 0.4) is 0 Å². The highest BCUT2D eigenvalue weighted by Crippen LogP contribution is 2.17. The van der Waals surface area contributed by atoms with E-state index in [9.17, 15) is 5.11 Å². The summed E-state index contributed by atoms with van der Waals surface area (Å²) in [5, 5.41) is 9.21. The van der Waals surface area contributed by atoms with Crippen LogP contribution in [0.2, 0.25) is 0 Å². The SMILES string of the molecule is CCC(CC)N(CCO)c1nc(C)cc(CN)n1. The first-order valence-electron chi connectivity index (χ1n) is 6.58. The Morgan fingerprint density at radius 2 is 2.00 bits per heavy atom. The van der Waals surface area contributed by atoms with Gasteiger partial charge in [0.05, 0.1) is 12.3 Å². The molecule has 0 fully saturated rings. The third-order valence-electron chi connectivity index (χ3n) is 3.09. The number of aliphatic hydroxyl groups excluding tert-OH is 1. The molecule has 0 aromatic carbocycles. The Morgan fingerprint density at radius 1 is 1.33 bits per heavy atom. The van der Waals surface area contributed by atoms with E-state index >= 15 is 0 Å². The maximum absolute atomic E-state index is 9.21. The molecule has 1 rings (SSSR count). The molecule has 102 valence electrons. The average molecular weight is 252 g/mol. The van der Waals surface area contributed by atoms with E-state index in [1.807, 2.05) is 13.0 Å². The Kier molecular flexibility index (Phi) is 6.01. The highest BCUT2D eigenvalue weighted by Gasteiger charge is 2.18. The predicted octanol–water partition coefficient (Wildman–Crippen LogP) is 1.23. The zero-order valence-corrected chi connectivity index (χ0v) is 11.6. The monoisotopic (exact) mass is 252 g/mol. The molecule has 0 saturated heterocycles. The third kappa shape index (κ3) is 3.65. The van der Waals surface area contributed by atoms with Crippen molar-refractivity contribution in [1.82, 2.24) is 9.97 Å². The van der Waals surface area contributed by atoms with Gasteiger partial charge in [-0.2, -0.15) is 0 Å². The van der Waals surface area contributed by atoms with Crippen molar-refractivity contribution < 1.29 is 5.11 Å². The fourth-order valence-corrected chi connectivity index (χ4v) is 2.13. The first kappa shape index (κ1) is 14.9. The summed E-state index contributed by atoms with van der Waals surface area (Å²) in [6.07, 6.45) is 2.01. The molecule has 0 radical (unpaired) electrons. The number of nitrogens with zero attached hydrogens (tertiary/aromatic N) is 3. The topological polar surface area (TPSA) is 75.3 Å². The Hall–Kier alpha value is -1.20. The van der Waals surface area contributed by atoms with E-state index in [0.717, 1.165) is 24.2 Å². The third-order valence-corrected chi connectivity index (χ3v) is 3.09. The lowest BCUT2D eigenvalue weighted by Gasteiger charge is -2.30. The zero-order valence-electron chi connectivity index (χ0n) is 11.6. The molecule has 0 aliphatic rings. The number of aryl methyl sites for hydroxylation is 1. The number of nitrogens with two attached hydrogens (primary N) is 1. The second-order valence-corrected chi connectivity index (χ2v) is 4.39. The summed E-state index contributed by atoms with van der Waals surface area (Å²) < 4.78 is 0. The number of rotatable bonds is 7. The fourth-order valence-electron chi connectivity index (χ4n) is 2.13. The predicted molar refractivity (Wildman–Crippen MR) is 73.5 cm³/mol. The van der Waals surface area contributed by atoms with Crippen molar-refractivity contribution in [1.29, 1.82) is 0 Å². The van der Waals surface area contributed by atoms with Crippen LogP contribution in [0.15, 0.2) is 6.07 Å². The Labute approximate surface area is 109 Å². The van der Waals surface area contributed by atoms with Crippen molar-refractivity contribution in [3.05, 3.63) is 17.5 Å². The van der Waals surface area contributed by atoms with Crippen molar-refractivity contribution >= 4 is 5.95 Å². The van der Waals surface area contributed by atoms with Crippen LogP contribution in [-0.4, -0.2) is 34.3 Å². The molecule has 1 heterocycles. The fraction of sp³-hybridized carbons (Fsp3) is 0.692. The van der Waals surface area contributed by atoms with Gasteiger partial charge in [-0.3, -0.25) is 0 Å². The second kappa shape index (κ2) is 7.28. The van der Waals surface area contributed by atoms with E-state index in [4.69, 9.17) is 5.73 Å². The minimum absolute atomic E-state index is 0.103. The largest absolute Gasteiger partial charge is 0.395 e. The zero-order chi connectivity index (χ0) is 13.5. The molecular weight excluding hydrogens is 228 g/mol. The van der Waals surface area contributed by atoms with Crippen LogP contribution in [0.5, 0.6) is 0 Å². The van der Waals surface area contributed by atoms with Crippen LogP contribution in [0, 0.1) is 6.92 Å². The highest BCUT2D eigenvalue weighted by atomic mass is 16.3. The molecule has 1 aromatic rings. The van der Waals surface area contributed by atoms with Crippen molar-refractivity contribution in [3.63, 3.8) is 0 Å². The molecule has 0 atom stereocenters. The molecule has 0 unspecified atom stereocenters. The smallest absolute Gasteiger partial charge is 0.226 e. The number of anilines is 1. The van der Waals surface area contributed by atoms with Gasteiger partial charge in [0.1, 0.15) is 0 Å². The number of aromatic nitrogens is 2. The van der Waals surface area contributed by atoms with Gasteiger partial charge in [-0.1, -0.05) is 13.8 Å². The van der Waals surface area contributed by atoms with Gasteiger partial charge in [-0.25, -0.2) is 9.97 Å². The lowest BCUT2D eigenvalue weighted by Crippen LogP contribution is -2.38. The van der Waals surface area contributed by atoms with Crippen LogP contribution in [0.25, 0.3) is 0 Å². The average Bonchev–Trinajstić information content (AvgIpc) is 2.38. The van der Waals surface area contributed by atoms with Gasteiger partial charge < -0.3 is 15.7 Å². The first-order chi connectivity index (χ1) is 8.65. The summed E-state index contributed by atoms with van der Waals surface area (Å²) >= 11 is 0. The van der Waals surface area contributed by atoms with Gasteiger partial charge >= 0.3 is 0 Å². The standard InChI is InChI=1S/C13H24N4O/c1-4-12(5-2)17(6-7-18)13-15-10(3)8-11(9-14)16-13/h8,12,18H,4-7,9,14H2,1-3H3. The van der Waals surface area contributed by atoms with Gasteiger partial charge in [-0.15, -0.1) is 0 Å². The van der Waals surface area contributed by atoms with E-state index in [-0.39, 0.29) is 6.61 Å². The number of hydrogen-bond acceptors (Lipinski definition) is 5. The van der Waals surface area contributed by atoms with E-state index in [0.29, 0.717) is 25.1 Å². The quantitative estimate of drug-likeness (QED) is 0.763. The maximum atomic E-state index is 9.21. The molecule has 1 aromatic heterocycles. The van der Waals surface area contributed by atoms with Crippen LogP contribution in [-0.2, 0) is 6.54 Å². The summed E-state index contributed by atoms with van der Waals surface area (Å²) in [6, 6.07) is 2.25. The van der Waals surface area contributed by atoms with Gasteiger partial charge in [-0.05, 0) is 25.8 Å². The van der Waals surface area contributed by atoms with Gasteiger partial charge in [0, 0.05) is 24.8 Å². The van der Waals surface area contributed by atoms with Crippen molar-refractivity contribution in [3.8, 4) is 0 Å². The van der Waals surface area contributed by atoms with Crippen LogP contribution in [0.4, 0.5) is 5.95 Å². The Balaban J connectivity index is 3.07. The minimum Gasteiger partial charge on any atom is -0.395 e. The molecule has 0 spiro atoms. The summed E-state index contributed by atoms with van der Waals surface area (Å²) in [7, 11) is 0. The molecule has 5 nitrogen and oxygen atoms in total. The summed E-state index contributed by atoms with van der Waals surface area (Å²) in [6.45, 7) is 7.28. The molecule has 18 heavy (non-hydrogen) atoms. The normalized spacial score (nSPS) is 11.0. The Bertz CT molecular complexity index is 366. The lowest BCUT2D eigenvalue weighted by molar-refractivity contribution is 0.295. The highest BCUT2D eigenvalue weighted by molar-refractivity contribution is 5.34. The molecular formula is C13H24N4O. The van der Waals surface area contributed by atoms with Gasteiger partial charge in [0.15, 0.2) is 0 Å². The summed E-state index contributed by atoms with van der Waals surface area (Å²) in [5.74, 6) is 0.679. The van der Waals surface area contributed by atoms with E-state index in [1.54, 1.807) is 0 Å². The number of hydrogen-bond donors (Lipinski definition) is 2. The summed E-state index contributed by atoms with van der Waals surface area (Å²) in [4.78, 5) is 11.0. The molecule has 0 saturated carbocycles. The number of aliphatic hydroxyl groups is 1. The van der Waals surface area contributed by atoms with Crippen LogP contribution in [0.1, 0.15) is 38.1 Å². The molecule has 0 aliphatic heterocycles. The molecule has 0 bridgehead atoms. The second-order valence-electron chi connectivity index (χ2n) is 4.39. The van der Waals surface area contributed by atoms with Gasteiger partial charge in [0.2, 0.25) is 5.95 Å². The van der Waals surface area contributed by atoms with Crippen molar-refractivity contribution in [2.45, 2.75) is 46.2 Å². The van der Waals surface area contributed by atoms with Gasteiger partial charge in [0.25, 0.3) is 0 Å². The van der Waals surface area contributed by atoms with Crippen molar-refractivity contribution in [2.75, 3.05) is 18.1 Å². The first-order valence-corrected chi connectivity index (χ1v) is 6.58. The van der Waals surface area contributed by atoms with E-state index in [2.05, 4.69) is 28.7 Å². The van der Waals surface area contributed by atoms with Crippen LogP contribution >= 0.6 is 0 Å². The summed E-state index contributed by atoms with van der Waals surface area (Å²) in [5.41, 5.74) is 7.40. The molecule has 0 amide bonds. The van der Waals surface area contributed by atoms with E-state index in [1.165, 1.54) is 0 Å². The van der Waals surface area contributed by atoms with E-state index < -0.39 is 0 Å². The lowest BCUT2D eigenvalue weighted by atomic mass is 10.1. The Morgan fingerprint density at radius 3 is 2.50 bits per heavy atom. The molecule has 0 aliphatic carbocycles. The molecule has 5 heteroatoms. The molecule has 3 N–H and O–H groups in total. The van der Waals surface area contributed by atoms with Crippen LogP contribution < -0.4 is 10.6 Å². The van der Waals surface area contributed by atoms with Crippen molar-refractivity contribution in [2.24, 2.45) is 5.73 Å². The minimum atomic E-state index is 0.103.